The van der Waals surface area contributed by atoms with Crippen LogP contribution in [-0.2, 0) is 14.2 Å². The highest BCUT2D eigenvalue weighted by Gasteiger charge is 2.40. The number of carbonyl (C=O) groups is 2. The minimum Gasteiger partial charge on any atom is -0.459 e. The summed E-state index contributed by atoms with van der Waals surface area (Å²) in [6.07, 6.45) is 1.70. The number of benzene rings is 2. The van der Waals surface area contributed by atoms with Crippen LogP contribution in [0.25, 0.3) is 11.0 Å². The Labute approximate surface area is 212 Å². The van der Waals surface area contributed by atoms with Crippen molar-refractivity contribution in [1.29, 1.82) is 0 Å². The predicted octanol–water partition coefficient (Wildman–Crippen LogP) is 5.07. The zero-order valence-electron chi connectivity index (χ0n) is 19.8. The third-order valence-corrected chi connectivity index (χ3v) is 6.46. The Bertz CT molecular complexity index is 1400. The number of esters is 2. The molecule has 4 aromatic rings. The lowest BCUT2D eigenvalue weighted by Gasteiger charge is -2.19. The topological polar surface area (TPSA) is 92.5 Å². The fourth-order valence-electron chi connectivity index (χ4n) is 4.14. The van der Waals surface area contributed by atoms with Crippen LogP contribution in [0.5, 0.6) is 0 Å². The number of carbonyl (C=O) groups excluding carboxylic acids is 2. The number of nitrogens with zero attached hydrogens (tertiary/aromatic N) is 3. The van der Waals surface area contributed by atoms with Gasteiger partial charge in [-0.2, -0.15) is 0 Å². The number of rotatable bonds is 6. The number of halogens is 1. The maximum Gasteiger partial charge on any atom is 0.338 e. The molecule has 36 heavy (non-hydrogen) atoms. The van der Waals surface area contributed by atoms with Crippen molar-refractivity contribution in [2.45, 2.75) is 38.7 Å². The third kappa shape index (κ3) is 4.96. The Hall–Kier alpha value is -3.75. The molecule has 3 atom stereocenters. The van der Waals surface area contributed by atoms with Crippen molar-refractivity contribution in [3.8, 4) is 0 Å². The largest absolute Gasteiger partial charge is 0.459 e. The molecule has 1 saturated heterocycles. The van der Waals surface area contributed by atoms with Crippen LogP contribution in [0.15, 0.2) is 67.1 Å². The second-order valence-electron chi connectivity index (χ2n) is 8.76. The van der Waals surface area contributed by atoms with E-state index in [1.54, 1.807) is 36.5 Å². The Balaban J connectivity index is 1.36. The van der Waals surface area contributed by atoms with Crippen molar-refractivity contribution in [3.05, 3.63) is 94.5 Å². The summed E-state index contributed by atoms with van der Waals surface area (Å²) in [6.45, 7) is 3.81. The number of aromatic nitrogens is 3. The molecule has 0 saturated carbocycles. The van der Waals surface area contributed by atoms with Gasteiger partial charge in [0.2, 0.25) is 0 Å². The first-order chi connectivity index (χ1) is 17.4. The first kappa shape index (κ1) is 24.0. The van der Waals surface area contributed by atoms with Gasteiger partial charge in [-0.3, -0.25) is 0 Å². The van der Waals surface area contributed by atoms with Crippen LogP contribution in [0.4, 0.5) is 0 Å². The number of hydrogen-bond donors (Lipinski definition) is 0. The van der Waals surface area contributed by atoms with E-state index >= 15 is 0 Å². The molecule has 0 amide bonds. The molecule has 2 aromatic heterocycles. The first-order valence-corrected chi connectivity index (χ1v) is 11.9. The molecule has 1 aliphatic heterocycles. The van der Waals surface area contributed by atoms with Gasteiger partial charge >= 0.3 is 11.9 Å². The highest BCUT2D eigenvalue weighted by Crippen LogP contribution is 2.35. The number of ether oxygens (including phenoxy) is 3. The standard InChI is InChI=1S/C27H24ClN3O5/c1-16-3-7-18(8-4-16)26(32)34-14-22-21(36-27(33)19-9-5-17(2)6-10-19)13-23(35-22)31-12-11-20-24(28)29-15-30-25(20)31/h3-12,15,21-23H,13-14H2,1-2H3/t21?,22-,23-/m1/s1. The monoisotopic (exact) mass is 505 g/mol. The van der Waals surface area contributed by atoms with Crippen molar-refractivity contribution in [3.63, 3.8) is 0 Å². The lowest BCUT2D eigenvalue weighted by atomic mass is 10.1. The molecule has 184 valence electrons. The Morgan fingerprint density at radius 3 is 2.28 bits per heavy atom. The molecule has 0 bridgehead atoms. The molecule has 0 spiro atoms. The maximum absolute atomic E-state index is 12.9. The smallest absolute Gasteiger partial charge is 0.338 e. The van der Waals surface area contributed by atoms with Gasteiger partial charge in [-0.1, -0.05) is 47.0 Å². The molecule has 8 nitrogen and oxygen atoms in total. The SMILES string of the molecule is Cc1ccc(C(=O)OC[C@H]2O[C@@H](n3ccc4c(Cl)ncnc43)CC2OC(=O)c2ccc(C)cc2)cc1. The van der Waals surface area contributed by atoms with Gasteiger partial charge in [-0.15, -0.1) is 0 Å². The molecule has 9 heteroatoms. The van der Waals surface area contributed by atoms with E-state index in [0.717, 1.165) is 11.1 Å². The summed E-state index contributed by atoms with van der Waals surface area (Å²) in [7, 11) is 0. The molecule has 3 heterocycles. The van der Waals surface area contributed by atoms with Gasteiger partial charge in [0.15, 0.2) is 0 Å². The second kappa shape index (κ2) is 10.1. The van der Waals surface area contributed by atoms with Crippen LogP contribution in [0.3, 0.4) is 0 Å². The van der Waals surface area contributed by atoms with E-state index < -0.39 is 30.4 Å². The lowest BCUT2D eigenvalue weighted by molar-refractivity contribution is -0.0562. The van der Waals surface area contributed by atoms with Gasteiger partial charge < -0.3 is 18.8 Å². The van der Waals surface area contributed by atoms with Gasteiger partial charge in [0.05, 0.1) is 16.5 Å². The maximum atomic E-state index is 12.9. The summed E-state index contributed by atoms with van der Waals surface area (Å²) < 4.78 is 19.4. The highest BCUT2D eigenvalue weighted by atomic mass is 35.5. The molecule has 0 N–H and O–H groups in total. The summed E-state index contributed by atoms with van der Waals surface area (Å²) in [5, 5.41) is 1.02. The Kier molecular flexibility index (Phi) is 6.71. The van der Waals surface area contributed by atoms with E-state index in [1.165, 1.54) is 6.33 Å². The first-order valence-electron chi connectivity index (χ1n) is 11.5. The van der Waals surface area contributed by atoms with Crippen molar-refractivity contribution >= 4 is 34.6 Å². The van der Waals surface area contributed by atoms with Crippen LogP contribution >= 0.6 is 11.6 Å². The van der Waals surface area contributed by atoms with E-state index in [0.29, 0.717) is 33.7 Å². The zero-order valence-corrected chi connectivity index (χ0v) is 20.5. The molecular formula is C27H24ClN3O5. The van der Waals surface area contributed by atoms with Crippen LogP contribution in [0.1, 0.15) is 44.5 Å². The molecule has 2 aromatic carbocycles. The minimum atomic E-state index is -0.673. The molecule has 1 unspecified atom stereocenters. The van der Waals surface area contributed by atoms with Gasteiger partial charge in [0, 0.05) is 12.6 Å². The van der Waals surface area contributed by atoms with E-state index in [2.05, 4.69) is 9.97 Å². The number of hydrogen-bond acceptors (Lipinski definition) is 7. The normalized spacial score (nSPS) is 19.4. The van der Waals surface area contributed by atoms with Crippen molar-refractivity contribution in [2.75, 3.05) is 6.61 Å². The van der Waals surface area contributed by atoms with Crippen LogP contribution < -0.4 is 0 Å². The highest BCUT2D eigenvalue weighted by molar-refractivity contribution is 6.33. The molecule has 1 aliphatic rings. The van der Waals surface area contributed by atoms with E-state index in [4.69, 9.17) is 25.8 Å². The lowest BCUT2D eigenvalue weighted by Crippen LogP contribution is -2.32. The summed E-state index contributed by atoms with van der Waals surface area (Å²) >= 11 is 6.20. The van der Waals surface area contributed by atoms with E-state index in [1.807, 2.05) is 42.7 Å². The quantitative estimate of drug-likeness (QED) is 0.267. The average Bonchev–Trinajstić information content (AvgIpc) is 3.48. The minimum absolute atomic E-state index is 0.0794. The second-order valence-corrected chi connectivity index (χ2v) is 9.12. The number of aryl methyl sites for hydroxylation is 2. The fraction of sp³-hybridized carbons (Fsp3) is 0.259. The van der Waals surface area contributed by atoms with Gasteiger partial charge in [-0.25, -0.2) is 19.6 Å². The predicted molar refractivity (Wildman–Crippen MR) is 133 cm³/mol. The molecule has 5 rings (SSSR count). The van der Waals surface area contributed by atoms with Crippen molar-refractivity contribution in [2.24, 2.45) is 0 Å². The summed E-state index contributed by atoms with van der Waals surface area (Å²) in [6, 6.07) is 16.0. The van der Waals surface area contributed by atoms with Crippen molar-refractivity contribution < 1.29 is 23.8 Å². The summed E-state index contributed by atoms with van der Waals surface area (Å²) in [5.74, 6) is -0.946. The average molecular weight is 506 g/mol. The van der Waals surface area contributed by atoms with Crippen LogP contribution in [-0.4, -0.2) is 45.3 Å². The summed E-state index contributed by atoms with van der Waals surface area (Å²) in [4.78, 5) is 33.8. The van der Waals surface area contributed by atoms with E-state index in [-0.39, 0.29) is 6.61 Å². The molecule has 0 radical (unpaired) electrons. The zero-order chi connectivity index (χ0) is 25.2. The van der Waals surface area contributed by atoms with Gasteiger partial charge in [-0.05, 0) is 44.2 Å². The van der Waals surface area contributed by atoms with E-state index in [9.17, 15) is 9.59 Å². The summed E-state index contributed by atoms with van der Waals surface area (Å²) in [5.41, 5.74) is 3.55. The number of fused-ring (bicyclic) bond motifs is 1. The third-order valence-electron chi connectivity index (χ3n) is 6.16. The van der Waals surface area contributed by atoms with Gasteiger partial charge in [0.1, 0.15) is 42.2 Å². The molecule has 0 aliphatic carbocycles. The van der Waals surface area contributed by atoms with Crippen LogP contribution in [0.2, 0.25) is 5.15 Å². The Morgan fingerprint density at radius 1 is 0.972 bits per heavy atom. The Morgan fingerprint density at radius 2 is 1.61 bits per heavy atom. The fourth-order valence-corrected chi connectivity index (χ4v) is 4.33. The van der Waals surface area contributed by atoms with Crippen LogP contribution in [0, 0.1) is 13.8 Å². The molecule has 1 fully saturated rings. The van der Waals surface area contributed by atoms with Crippen molar-refractivity contribution in [1.82, 2.24) is 14.5 Å². The van der Waals surface area contributed by atoms with Gasteiger partial charge in [0.25, 0.3) is 0 Å². The molecular weight excluding hydrogens is 482 g/mol.